The number of hydrogen-bond acceptors (Lipinski definition) is 2. The monoisotopic (exact) mass is 328 g/mol. The molecular formula is C18H24O2Si2. The molecule has 0 amide bonds. The van der Waals surface area contributed by atoms with Crippen LogP contribution in [0.4, 0.5) is 0 Å². The molecule has 1 unspecified atom stereocenters. The largest absolute Gasteiger partial charge is 0.397 e. The predicted octanol–water partition coefficient (Wildman–Crippen LogP) is 2.88. The van der Waals surface area contributed by atoms with Crippen molar-refractivity contribution in [1.29, 1.82) is 0 Å². The van der Waals surface area contributed by atoms with Gasteiger partial charge in [-0.2, -0.15) is 0 Å². The topological polar surface area (TPSA) is 18.5 Å². The molecule has 0 N–H and O–H groups in total. The lowest BCUT2D eigenvalue weighted by molar-refractivity contribution is -0.0174. The SMILES string of the molecule is C[SiH](C)OC1CCC[Si](c2ccccc2)(c2ccccc2)O1. The first-order valence-electron chi connectivity index (χ1n) is 8.15. The van der Waals surface area contributed by atoms with E-state index in [0.29, 0.717) is 0 Å². The summed E-state index contributed by atoms with van der Waals surface area (Å²) in [7, 11) is -3.26. The van der Waals surface area contributed by atoms with E-state index in [-0.39, 0.29) is 6.29 Å². The Kier molecular flexibility index (Phi) is 4.93. The first kappa shape index (κ1) is 15.7. The summed E-state index contributed by atoms with van der Waals surface area (Å²) >= 11 is 0. The van der Waals surface area contributed by atoms with Crippen LogP contribution in [-0.2, 0) is 8.85 Å². The fourth-order valence-electron chi connectivity index (χ4n) is 3.27. The normalized spacial score (nSPS) is 21.0. The zero-order chi connectivity index (χ0) is 15.4. The lowest BCUT2D eigenvalue weighted by Gasteiger charge is -2.40. The summed E-state index contributed by atoms with van der Waals surface area (Å²) in [6, 6.07) is 22.7. The molecule has 2 aromatic carbocycles. The lowest BCUT2D eigenvalue weighted by Crippen LogP contribution is -2.64. The van der Waals surface area contributed by atoms with Crippen molar-refractivity contribution < 1.29 is 8.85 Å². The molecule has 0 bridgehead atoms. The van der Waals surface area contributed by atoms with Crippen LogP contribution in [-0.4, -0.2) is 23.6 Å². The maximum atomic E-state index is 6.71. The van der Waals surface area contributed by atoms with Crippen LogP contribution in [0, 0.1) is 0 Å². The van der Waals surface area contributed by atoms with Gasteiger partial charge in [0.1, 0.15) is 6.29 Å². The Morgan fingerprint density at radius 1 is 0.955 bits per heavy atom. The smallest absolute Gasteiger partial charge is 0.259 e. The van der Waals surface area contributed by atoms with E-state index in [0.717, 1.165) is 12.5 Å². The van der Waals surface area contributed by atoms with Crippen molar-refractivity contribution in [3.8, 4) is 0 Å². The predicted molar refractivity (Wildman–Crippen MR) is 96.8 cm³/mol. The van der Waals surface area contributed by atoms with Crippen LogP contribution >= 0.6 is 0 Å². The standard InChI is InChI=1S/C18H24O2Si2/c1-21(2)19-18-14-9-15-22(20-18,16-10-5-3-6-11-16)17-12-7-4-8-13-17/h3-8,10-13,18,21H,9,14-15H2,1-2H3. The van der Waals surface area contributed by atoms with Crippen molar-refractivity contribution in [3.05, 3.63) is 60.7 Å². The van der Waals surface area contributed by atoms with Crippen molar-refractivity contribution in [1.82, 2.24) is 0 Å². The quantitative estimate of drug-likeness (QED) is 0.804. The molecule has 1 aliphatic rings. The van der Waals surface area contributed by atoms with Gasteiger partial charge in [-0.3, -0.25) is 0 Å². The summed E-state index contributed by atoms with van der Waals surface area (Å²) in [5.74, 6) is 0. The maximum absolute atomic E-state index is 6.71. The summed E-state index contributed by atoms with van der Waals surface area (Å²) in [6.45, 7) is 4.43. The van der Waals surface area contributed by atoms with E-state index >= 15 is 0 Å². The van der Waals surface area contributed by atoms with Crippen molar-refractivity contribution in [3.63, 3.8) is 0 Å². The first-order chi connectivity index (χ1) is 10.7. The molecular weight excluding hydrogens is 304 g/mol. The summed E-state index contributed by atoms with van der Waals surface area (Å²) in [5.41, 5.74) is 0. The minimum absolute atomic E-state index is 0.0208. The van der Waals surface area contributed by atoms with Gasteiger partial charge >= 0.3 is 0 Å². The maximum Gasteiger partial charge on any atom is 0.259 e. The van der Waals surface area contributed by atoms with Crippen LogP contribution in [0.25, 0.3) is 0 Å². The van der Waals surface area contributed by atoms with Gasteiger partial charge < -0.3 is 8.85 Å². The van der Waals surface area contributed by atoms with Crippen molar-refractivity contribution in [2.45, 2.75) is 38.3 Å². The van der Waals surface area contributed by atoms with E-state index in [2.05, 4.69) is 73.8 Å². The van der Waals surface area contributed by atoms with Gasteiger partial charge in [-0.15, -0.1) is 0 Å². The first-order valence-corrected chi connectivity index (χ1v) is 13.0. The highest BCUT2D eigenvalue weighted by Gasteiger charge is 2.44. The van der Waals surface area contributed by atoms with E-state index < -0.39 is 17.4 Å². The molecule has 22 heavy (non-hydrogen) atoms. The highest BCUT2D eigenvalue weighted by atomic mass is 28.4. The third-order valence-electron chi connectivity index (χ3n) is 4.21. The third kappa shape index (κ3) is 3.25. The van der Waals surface area contributed by atoms with E-state index in [1.165, 1.54) is 16.8 Å². The van der Waals surface area contributed by atoms with Crippen LogP contribution in [0.3, 0.4) is 0 Å². The minimum Gasteiger partial charge on any atom is -0.397 e. The second kappa shape index (κ2) is 6.92. The summed E-state index contributed by atoms with van der Waals surface area (Å²) in [4.78, 5) is 0. The van der Waals surface area contributed by atoms with Gasteiger partial charge in [0.25, 0.3) is 8.32 Å². The fraction of sp³-hybridized carbons (Fsp3) is 0.333. The molecule has 2 aromatic rings. The molecule has 1 atom stereocenters. The zero-order valence-electron chi connectivity index (χ0n) is 13.4. The molecule has 1 saturated heterocycles. The average molecular weight is 329 g/mol. The van der Waals surface area contributed by atoms with Gasteiger partial charge in [0.2, 0.25) is 0 Å². The number of benzene rings is 2. The molecule has 2 nitrogen and oxygen atoms in total. The van der Waals surface area contributed by atoms with Crippen molar-refractivity contribution in [2.75, 3.05) is 0 Å². The van der Waals surface area contributed by atoms with Crippen molar-refractivity contribution >= 4 is 27.7 Å². The zero-order valence-corrected chi connectivity index (χ0v) is 15.5. The molecule has 0 saturated carbocycles. The van der Waals surface area contributed by atoms with E-state index in [1.807, 2.05) is 0 Å². The molecule has 3 rings (SSSR count). The Labute approximate surface area is 136 Å². The second-order valence-electron chi connectivity index (χ2n) is 6.18. The van der Waals surface area contributed by atoms with Crippen LogP contribution in [0.2, 0.25) is 19.1 Å². The van der Waals surface area contributed by atoms with E-state index in [1.54, 1.807) is 0 Å². The highest BCUT2D eigenvalue weighted by molar-refractivity contribution is 6.97. The molecule has 1 aliphatic heterocycles. The van der Waals surface area contributed by atoms with E-state index in [4.69, 9.17) is 8.85 Å². The Hall–Kier alpha value is -1.21. The number of rotatable bonds is 4. The fourth-order valence-corrected chi connectivity index (χ4v) is 8.26. The van der Waals surface area contributed by atoms with E-state index in [9.17, 15) is 0 Å². The van der Waals surface area contributed by atoms with Crippen LogP contribution < -0.4 is 10.4 Å². The van der Waals surface area contributed by atoms with Gasteiger partial charge in [-0.05, 0) is 42.4 Å². The van der Waals surface area contributed by atoms with Gasteiger partial charge in [0, 0.05) is 0 Å². The summed E-state index contributed by atoms with van der Waals surface area (Å²) in [5, 5.41) is 2.72. The van der Waals surface area contributed by atoms with Crippen LogP contribution in [0.1, 0.15) is 12.8 Å². The molecule has 0 aliphatic carbocycles. The Morgan fingerprint density at radius 2 is 1.50 bits per heavy atom. The van der Waals surface area contributed by atoms with Gasteiger partial charge in [-0.25, -0.2) is 0 Å². The molecule has 0 radical (unpaired) electrons. The number of hydrogen-bond donors (Lipinski definition) is 0. The highest BCUT2D eigenvalue weighted by Crippen LogP contribution is 2.27. The molecule has 0 spiro atoms. The third-order valence-corrected chi connectivity index (χ3v) is 9.31. The lowest BCUT2D eigenvalue weighted by atomic mass is 10.3. The van der Waals surface area contributed by atoms with Crippen molar-refractivity contribution in [2.24, 2.45) is 0 Å². The second-order valence-corrected chi connectivity index (χ2v) is 12.1. The Balaban J connectivity index is 2.00. The Bertz CT molecular complexity index is 547. The van der Waals surface area contributed by atoms with Gasteiger partial charge in [0.05, 0.1) is 0 Å². The molecule has 0 aromatic heterocycles. The molecule has 116 valence electrons. The molecule has 4 heteroatoms. The molecule has 1 heterocycles. The summed E-state index contributed by atoms with van der Waals surface area (Å²) in [6.07, 6.45) is 2.19. The van der Waals surface area contributed by atoms with Gasteiger partial charge in [0.15, 0.2) is 9.04 Å². The Morgan fingerprint density at radius 3 is 2.00 bits per heavy atom. The summed E-state index contributed by atoms with van der Waals surface area (Å²) < 4.78 is 12.8. The minimum atomic E-state index is -2.17. The molecule has 1 fully saturated rings. The van der Waals surface area contributed by atoms with Crippen LogP contribution in [0.15, 0.2) is 60.7 Å². The average Bonchev–Trinajstić information content (AvgIpc) is 2.56. The van der Waals surface area contributed by atoms with Crippen LogP contribution in [0.5, 0.6) is 0 Å². The van der Waals surface area contributed by atoms with Gasteiger partial charge in [-0.1, -0.05) is 60.7 Å².